The lowest BCUT2D eigenvalue weighted by Crippen LogP contribution is -1.88. The van der Waals surface area contributed by atoms with E-state index < -0.39 is 0 Å². The second kappa shape index (κ2) is 6.08. The molecule has 0 heterocycles. The highest BCUT2D eigenvalue weighted by Crippen LogP contribution is 2.30. The molecule has 0 fully saturated rings. The van der Waals surface area contributed by atoms with Crippen LogP contribution in [-0.4, -0.2) is 0 Å². The number of nitrogens with zero attached hydrogens (tertiary/aromatic N) is 1. The van der Waals surface area contributed by atoms with Crippen LogP contribution in [0.4, 0.5) is 0 Å². The molecule has 3 heteroatoms. The minimum Gasteiger partial charge on any atom is -0.192 e. The maximum absolute atomic E-state index is 8.84. The van der Waals surface area contributed by atoms with Crippen molar-refractivity contribution in [1.29, 1.82) is 5.26 Å². The first-order chi connectivity index (χ1) is 8.70. The molecule has 0 radical (unpaired) electrons. The zero-order valence-electron chi connectivity index (χ0n) is 9.98. The van der Waals surface area contributed by atoms with Crippen molar-refractivity contribution >= 4 is 27.7 Å². The highest BCUT2D eigenvalue weighted by molar-refractivity contribution is 9.10. The highest BCUT2D eigenvalue weighted by atomic mass is 79.9. The van der Waals surface area contributed by atoms with Gasteiger partial charge in [0, 0.05) is 15.1 Å². The maximum Gasteiger partial charge on any atom is 0.0991 e. The number of rotatable bonds is 3. The van der Waals surface area contributed by atoms with Crippen LogP contribution in [-0.2, 0) is 5.75 Å². The van der Waals surface area contributed by atoms with Gasteiger partial charge in [0.2, 0.25) is 0 Å². The molecule has 0 amide bonds. The summed E-state index contributed by atoms with van der Waals surface area (Å²) in [5, 5.41) is 8.84. The molecule has 0 saturated carbocycles. The molecule has 0 unspecified atom stereocenters. The van der Waals surface area contributed by atoms with Crippen molar-refractivity contribution in [3.63, 3.8) is 0 Å². The zero-order chi connectivity index (χ0) is 13.0. The molecule has 18 heavy (non-hydrogen) atoms. The molecule has 0 saturated heterocycles. The SMILES string of the molecule is Cc1cc(C#N)ccc1CSc1ccccc1Br. The van der Waals surface area contributed by atoms with E-state index in [9.17, 15) is 0 Å². The Kier molecular flexibility index (Phi) is 4.46. The molecule has 1 nitrogen and oxygen atoms in total. The molecule has 0 aromatic heterocycles. The van der Waals surface area contributed by atoms with Gasteiger partial charge < -0.3 is 0 Å². The molecule has 0 aliphatic carbocycles. The number of hydrogen-bond acceptors (Lipinski definition) is 2. The summed E-state index contributed by atoms with van der Waals surface area (Å²) in [4.78, 5) is 1.24. The van der Waals surface area contributed by atoms with Crippen molar-refractivity contribution in [3.05, 3.63) is 63.6 Å². The molecular weight excluding hydrogens is 306 g/mol. The summed E-state index contributed by atoms with van der Waals surface area (Å²) in [7, 11) is 0. The van der Waals surface area contributed by atoms with E-state index >= 15 is 0 Å². The van der Waals surface area contributed by atoms with Crippen molar-refractivity contribution < 1.29 is 0 Å². The van der Waals surface area contributed by atoms with Crippen molar-refractivity contribution in [2.75, 3.05) is 0 Å². The summed E-state index contributed by atoms with van der Waals surface area (Å²) >= 11 is 5.35. The standard InChI is InChI=1S/C15H12BrNS/c1-11-8-12(9-17)6-7-13(11)10-18-15-5-3-2-4-14(15)16/h2-8H,10H2,1H3. The van der Waals surface area contributed by atoms with Crippen LogP contribution in [0.5, 0.6) is 0 Å². The molecule has 0 N–H and O–H groups in total. The Morgan fingerprint density at radius 2 is 2.00 bits per heavy atom. The fourth-order valence-corrected chi connectivity index (χ4v) is 3.29. The van der Waals surface area contributed by atoms with Gasteiger partial charge in [-0.2, -0.15) is 5.26 Å². The largest absolute Gasteiger partial charge is 0.192 e. The Balaban J connectivity index is 2.12. The molecule has 0 aliphatic rings. The third-order valence-electron chi connectivity index (χ3n) is 2.69. The van der Waals surface area contributed by atoms with Gasteiger partial charge in [0.1, 0.15) is 0 Å². The maximum atomic E-state index is 8.84. The van der Waals surface area contributed by atoms with Gasteiger partial charge in [0.25, 0.3) is 0 Å². The molecule has 0 atom stereocenters. The van der Waals surface area contributed by atoms with E-state index in [2.05, 4.69) is 35.0 Å². The Morgan fingerprint density at radius 3 is 2.67 bits per heavy atom. The second-order valence-electron chi connectivity index (χ2n) is 3.97. The van der Waals surface area contributed by atoms with E-state index in [1.165, 1.54) is 16.0 Å². The van der Waals surface area contributed by atoms with Crippen LogP contribution < -0.4 is 0 Å². The molecular formula is C15H12BrNS. The van der Waals surface area contributed by atoms with Crippen molar-refractivity contribution in [2.24, 2.45) is 0 Å². The minimum absolute atomic E-state index is 0.724. The van der Waals surface area contributed by atoms with Gasteiger partial charge in [-0.3, -0.25) is 0 Å². The Hall–Kier alpha value is -1.24. The van der Waals surface area contributed by atoms with Crippen molar-refractivity contribution in [3.8, 4) is 6.07 Å². The van der Waals surface area contributed by atoms with Gasteiger partial charge in [-0.25, -0.2) is 0 Å². The van der Waals surface area contributed by atoms with Crippen LogP contribution in [0.2, 0.25) is 0 Å². The third-order valence-corrected chi connectivity index (χ3v) is 4.77. The first-order valence-electron chi connectivity index (χ1n) is 5.57. The van der Waals surface area contributed by atoms with E-state index in [0.717, 1.165) is 15.8 Å². The van der Waals surface area contributed by atoms with E-state index in [1.807, 2.05) is 36.4 Å². The summed E-state index contributed by atoms with van der Waals surface area (Å²) in [5.41, 5.74) is 3.17. The molecule has 2 rings (SSSR count). The molecule has 2 aromatic rings. The van der Waals surface area contributed by atoms with Gasteiger partial charge in [0.15, 0.2) is 0 Å². The smallest absolute Gasteiger partial charge is 0.0991 e. The Bertz CT molecular complexity index is 602. The monoisotopic (exact) mass is 317 g/mol. The normalized spacial score (nSPS) is 10.1. The van der Waals surface area contributed by atoms with Crippen molar-refractivity contribution in [1.82, 2.24) is 0 Å². The van der Waals surface area contributed by atoms with Crippen LogP contribution in [0, 0.1) is 18.3 Å². The summed E-state index contributed by atoms with van der Waals surface area (Å²) in [6.07, 6.45) is 0. The topological polar surface area (TPSA) is 23.8 Å². The van der Waals surface area contributed by atoms with Gasteiger partial charge in [0.05, 0.1) is 11.6 Å². The van der Waals surface area contributed by atoms with Crippen LogP contribution in [0.15, 0.2) is 51.8 Å². The minimum atomic E-state index is 0.724. The van der Waals surface area contributed by atoms with Crippen LogP contribution in [0.1, 0.15) is 16.7 Å². The molecule has 0 bridgehead atoms. The Labute approximate surface area is 120 Å². The van der Waals surface area contributed by atoms with E-state index in [-0.39, 0.29) is 0 Å². The quantitative estimate of drug-likeness (QED) is 0.750. The van der Waals surface area contributed by atoms with Crippen LogP contribution >= 0.6 is 27.7 Å². The van der Waals surface area contributed by atoms with Gasteiger partial charge in [-0.1, -0.05) is 18.2 Å². The zero-order valence-corrected chi connectivity index (χ0v) is 12.4. The van der Waals surface area contributed by atoms with Gasteiger partial charge in [-0.05, 0) is 58.2 Å². The summed E-state index contributed by atoms with van der Waals surface area (Å²) < 4.78 is 1.13. The first-order valence-corrected chi connectivity index (χ1v) is 7.35. The number of hydrogen-bond donors (Lipinski definition) is 0. The average molecular weight is 318 g/mol. The average Bonchev–Trinajstić information content (AvgIpc) is 2.39. The first kappa shape index (κ1) is 13.2. The third kappa shape index (κ3) is 3.16. The van der Waals surface area contributed by atoms with Crippen LogP contribution in [0.25, 0.3) is 0 Å². The summed E-state index contributed by atoms with van der Waals surface area (Å²) in [6, 6.07) is 16.2. The molecule has 0 spiro atoms. The molecule has 0 aliphatic heterocycles. The number of thioether (sulfide) groups is 1. The highest BCUT2D eigenvalue weighted by Gasteiger charge is 2.03. The fourth-order valence-electron chi connectivity index (χ4n) is 1.64. The number of nitriles is 1. The lowest BCUT2D eigenvalue weighted by molar-refractivity contribution is 1.28. The number of benzene rings is 2. The lowest BCUT2D eigenvalue weighted by Gasteiger charge is -2.07. The number of halogens is 1. The predicted octanol–water partition coefficient (Wildman–Crippen LogP) is 4.92. The lowest BCUT2D eigenvalue weighted by atomic mass is 10.1. The number of aryl methyl sites for hydroxylation is 1. The second-order valence-corrected chi connectivity index (χ2v) is 5.84. The van der Waals surface area contributed by atoms with Gasteiger partial charge in [-0.15, -0.1) is 11.8 Å². The fraction of sp³-hybridized carbons (Fsp3) is 0.133. The summed E-state index contributed by atoms with van der Waals surface area (Å²) in [5.74, 6) is 0.917. The van der Waals surface area contributed by atoms with Crippen molar-refractivity contribution in [2.45, 2.75) is 17.6 Å². The van der Waals surface area contributed by atoms with E-state index in [0.29, 0.717) is 0 Å². The predicted molar refractivity (Wildman–Crippen MR) is 79.6 cm³/mol. The van der Waals surface area contributed by atoms with E-state index in [4.69, 9.17) is 5.26 Å². The van der Waals surface area contributed by atoms with E-state index in [1.54, 1.807) is 11.8 Å². The molecule has 90 valence electrons. The molecule has 2 aromatic carbocycles. The summed E-state index contributed by atoms with van der Waals surface area (Å²) in [6.45, 7) is 2.05. The Morgan fingerprint density at radius 1 is 1.22 bits per heavy atom. The van der Waals surface area contributed by atoms with Crippen LogP contribution in [0.3, 0.4) is 0 Å². The van der Waals surface area contributed by atoms with Gasteiger partial charge >= 0.3 is 0 Å².